The number of aryl methyl sites for hydroxylation is 1. The van der Waals surface area contributed by atoms with E-state index in [-0.39, 0.29) is 5.75 Å². The van der Waals surface area contributed by atoms with Crippen molar-refractivity contribution in [1.82, 2.24) is 0 Å². The van der Waals surface area contributed by atoms with Crippen LogP contribution in [0.15, 0.2) is 46.9 Å². The number of furan rings is 1. The minimum Gasteiger partial charge on any atom is -0.504 e. The molecule has 1 aromatic heterocycles. The molecule has 0 radical (unpaired) electrons. The summed E-state index contributed by atoms with van der Waals surface area (Å²) < 4.78 is 11.1. The van der Waals surface area contributed by atoms with Crippen molar-refractivity contribution in [3.63, 3.8) is 0 Å². The van der Waals surface area contributed by atoms with Gasteiger partial charge in [-0.1, -0.05) is 30.3 Å². The van der Waals surface area contributed by atoms with Crippen LogP contribution in [0.25, 0.3) is 22.3 Å². The summed E-state index contributed by atoms with van der Waals surface area (Å²) >= 11 is 0. The first kappa shape index (κ1) is 11.7. The fraction of sp³-hybridized carbons (Fsp3) is 0.125. The van der Waals surface area contributed by atoms with E-state index in [0.717, 1.165) is 22.3 Å². The molecular formula is C16H14O3. The highest BCUT2D eigenvalue weighted by atomic mass is 16.5. The van der Waals surface area contributed by atoms with Gasteiger partial charge in [-0.15, -0.1) is 0 Å². The van der Waals surface area contributed by atoms with Gasteiger partial charge in [0.25, 0.3) is 0 Å². The third kappa shape index (κ3) is 1.83. The Bertz CT molecular complexity index is 727. The molecule has 0 amide bonds. The summed E-state index contributed by atoms with van der Waals surface area (Å²) in [5, 5.41) is 10.9. The number of fused-ring (bicyclic) bond motifs is 1. The topological polar surface area (TPSA) is 42.6 Å². The lowest BCUT2D eigenvalue weighted by Crippen LogP contribution is -1.86. The second-order valence-electron chi connectivity index (χ2n) is 4.47. The van der Waals surface area contributed by atoms with E-state index in [9.17, 15) is 5.11 Å². The van der Waals surface area contributed by atoms with Crippen LogP contribution in [-0.2, 0) is 0 Å². The normalized spacial score (nSPS) is 10.8. The van der Waals surface area contributed by atoms with Gasteiger partial charge in [0.1, 0.15) is 5.76 Å². The number of phenolic OH excluding ortho intramolecular Hbond substituents is 1. The third-order valence-electron chi connectivity index (χ3n) is 3.19. The maximum atomic E-state index is 9.99. The average molecular weight is 254 g/mol. The molecule has 0 atom stereocenters. The van der Waals surface area contributed by atoms with Gasteiger partial charge in [0.2, 0.25) is 5.75 Å². The molecule has 3 aromatic rings. The maximum Gasteiger partial charge on any atom is 0.204 e. The Labute approximate surface area is 111 Å². The molecule has 0 aliphatic rings. The lowest BCUT2D eigenvalue weighted by molar-refractivity contribution is 0.370. The Morgan fingerprint density at radius 1 is 1.11 bits per heavy atom. The molecule has 1 heterocycles. The Morgan fingerprint density at radius 3 is 2.53 bits per heavy atom. The van der Waals surface area contributed by atoms with Gasteiger partial charge in [-0.2, -0.15) is 0 Å². The van der Waals surface area contributed by atoms with Gasteiger partial charge in [0.05, 0.1) is 7.11 Å². The van der Waals surface area contributed by atoms with Gasteiger partial charge in [0, 0.05) is 10.9 Å². The molecule has 0 unspecified atom stereocenters. The Balaban J connectivity index is 2.27. The zero-order valence-electron chi connectivity index (χ0n) is 10.8. The Morgan fingerprint density at radius 2 is 1.84 bits per heavy atom. The molecule has 19 heavy (non-hydrogen) atoms. The number of aromatic hydroxyl groups is 1. The highest BCUT2D eigenvalue weighted by Gasteiger charge is 2.16. The number of benzene rings is 2. The summed E-state index contributed by atoms with van der Waals surface area (Å²) in [6, 6.07) is 13.7. The van der Waals surface area contributed by atoms with Crippen molar-refractivity contribution in [1.29, 1.82) is 0 Å². The van der Waals surface area contributed by atoms with E-state index < -0.39 is 0 Å². The molecule has 0 aliphatic carbocycles. The van der Waals surface area contributed by atoms with Crippen LogP contribution in [0.2, 0.25) is 0 Å². The summed E-state index contributed by atoms with van der Waals surface area (Å²) in [6.45, 7) is 1.84. The van der Waals surface area contributed by atoms with Crippen LogP contribution in [0.5, 0.6) is 11.5 Å². The van der Waals surface area contributed by atoms with E-state index in [1.807, 2.05) is 49.4 Å². The van der Waals surface area contributed by atoms with Crippen LogP contribution in [0.3, 0.4) is 0 Å². The lowest BCUT2D eigenvalue weighted by Gasteiger charge is -2.06. The van der Waals surface area contributed by atoms with Crippen molar-refractivity contribution in [2.75, 3.05) is 7.11 Å². The second-order valence-corrected chi connectivity index (χ2v) is 4.47. The first-order valence-electron chi connectivity index (χ1n) is 6.06. The largest absolute Gasteiger partial charge is 0.504 e. The van der Waals surface area contributed by atoms with Crippen molar-refractivity contribution >= 4 is 11.0 Å². The van der Waals surface area contributed by atoms with Crippen LogP contribution in [-0.4, -0.2) is 12.2 Å². The van der Waals surface area contributed by atoms with Gasteiger partial charge in [0.15, 0.2) is 11.3 Å². The minimum atomic E-state index is 0.129. The molecule has 0 aliphatic heterocycles. The standard InChI is InChI=1S/C16H14O3/c1-10-8-12-9-13(11-6-4-3-5-7-11)19-15(12)16(18-2)14(10)17/h3-9,17H,1-2H3. The molecule has 2 aromatic carbocycles. The minimum absolute atomic E-state index is 0.129. The van der Waals surface area contributed by atoms with Crippen LogP contribution < -0.4 is 4.74 Å². The summed E-state index contributed by atoms with van der Waals surface area (Å²) in [6.07, 6.45) is 0. The monoisotopic (exact) mass is 254 g/mol. The number of hydrogen-bond donors (Lipinski definition) is 1. The highest BCUT2D eigenvalue weighted by Crippen LogP contribution is 2.41. The van der Waals surface area contributed by atoms with Crippen LogP contribution in [0, 0.1) is 6.92 Å². The predicted octanol–water partition coefficient (Wildman–Crippen LogP) is 4.12. The SMILES string of the molecule is COc1c(O)c(C)cc2cc(-c3ccccc3)oc12. The van der Waals surface area contributed by atoms with E-state index in [4.69, 9.17) is 9.15 Å². The molecule has 1 N–H and O–H groups in total. The van der Waals surface area contributed by atoms with Gasteiger partial charge in [-0.05, 0) is 24.6 Å². The van der Waals surface area contributed by atoms with Gasteiger partial charge in [-0.3, -0.25) is 0 Å². The summed E-state index contributed by atoms with van der Waals surface area (Å²) in [5.74, 6) is 1.28. The fourth-order valence-electron chi connectivity index (χ4n) is 2.21. The summed E-state index contributed by atoms with van der Waals surface area (Å²) in [5.41, 5.74) is 2.34. The van der Waals surface area contributed by atoms with Crippen molar-refractivity contribution in [3.05, 3.63) is 48.0 Å². The van der Waals surface area contributed by atoms with Crippen LogP contribution in [0.1, 0.15) is 5.56 Å². The molecule has 3 rings (SSSR count). The Hall–Kier alpha value is -2.42. The second kappa shape index (κ2) is 4.35. The van der Waals surface area contributed by atoms with Gasteiger partial charge < -0.3 is 14.3 Å². The van der Waals surface area contributed by atoms with E-state index in [1.54, 1.807) is 0 Å². The molecule has 0 fully saturated rings. The van der Waals surface area contributed by atoms with Crippen molar-refractivity contribution in [2.45, 2.75) is 6.92 Å². The van der Waals surface area contributed by atoms with Crippen molar-refractivity contribution in [3.8, 4) is 22.8 Å². The molecule has 0 saturated heterocycles. The molecule has 96 valence electrons. The molecule has 0 saturated carbocycles. The number of hydrogen-bond acceptors (Lipinski definition) is 3. The first-order valence-corrected chi connectivity index (χ1v) is 6.06. The van der Waals surface area contributed by atoms with Crippen LogP contribution >= 0.6 is 0 Å². The number of phenols is 1. The van der Waals surface area contributed by atoms with E-state index in [0.29, 0.717) is 11.3 Å². The van der Waals surface area contributed by atoms with Gasteiger partial charge >= 0.3 is 0 Å². The number of methoxy groups -OCH3 is 1. The fourth-order valence-corrected chi connectivity index (χ4v) is 2.21. The number of ether oxygens (including phenoxy) is 1. The number of rotatable bonds is 2. The van der Waals surface area contributed by atoms with Crippen molar-refractivity contribution < 1.29 is 14.3 Å². The van der Waals surface area contributed by atoms with Gasteiger partial charge in [-0.25, -0.2) is 0 Å². The maximum absolute atomic E-state index is 9.99. The van der Waals surface area contributed by atoms with Crippen molar-refractivity contribution in [2.24, 2.45) is 0 Å². The predicted molar refractivity (Wildman–Crippen MR) is 74.6 cm³/mol. The van der Waals surface area contributed by atoms with E-state index in [1.165, 1.54) is 7.11 Å². The molecule has 0 bridgehead atoms. The third-order valence-corrected chi connectivity index (χ3v) is 3.19. The molecular weight excluding hydrogens is 240 g/mol. The summed E-state index contributed by atoms with van der Waals surface area (Å²) in [7, 11) is 1.53. The molecule has 0 spiro atoms. The zero-order valence-corrected chi connectivity index (χ0v) is 10.8. The van der Waals surface area contributed by atoms with E-state index in [2.05, 4.69) is 0 Å². The first-order chi connectivity index (χ1) is 9.20. The van der Waals surface area contributed by atoms with Crippen LogP contribution in [0.4, 0.5) is 0 Å². The average Bonchev–Trinajstić information content (AvgIpc) is 2.84. The molecule has 3 nitrogen and oxygen atoms in total. The summed E-state index contributed by atoms with van der Waals surface area (Å²) in [4.78, 5) is 0. The Kier molecular flexibility index (Phi) is 2.67. The lowest BCUT2D eigenvalue weighted by atomic mass is 10.1. The smallest absolute Gasteiger partial charge is 0.204 e. The zero-order chi connectivity index (χ0) is 13.4. The molecule has 3 heteroatoms. The van der Waals surface area contributed by atoms with E-state index >= 15 is 0 Å². The quantitative estimate of drug-likeness (QED) is 0.748. The highest BCUT2D eigenvalue weighted by molar-refractivity contribution is 5.90.